The van der Waals surface area contributed by atoms with Crippen molar-refractivity contribution in [1.29, 1.82) is 0 Å². The highest BCUT2D eigenvalue weighted by Gasteiger charge is 2.19. The lowest BCUT2D eigenvalue weighted by molar-refractivity contribution is 0.169. The summed E-state index contributed by atoms with van der Waals surface area (Å²) >= 11 is 0. The molecule has 6 nitrogen and oxygen atoms in total. The second kappa shape index (κ2) is 6.11. The van der Waals surface area contributed by atoms with Crippen LogP contribution in [0.25, 0.3) is 11.4 Å². The highest BCUT2D eigenvalue weighted by Crippen LogP contribution is 2.16. The zero-order valence-electron chi connectivity index (χ0n) is 11.5. The topological polar surface area (TPSA) is 64.3 Å². The van der Waals surface area contributed by atoms with Gasteiger partial charge < -0.3 is 9.26 Å². The summed E-state index contributed by atoms with van der Waals surface area (Å²) in [6.07, 6.45) is 4.59. The van der Waals surface area contributed by atoms with Gasteiger partial charge in [0.25, 0.3) is 0 Å². The molecule has 0 N–H and O–H groups in total. The van der Waals surface area contributed by atoms with E-state index >= 15 is 0 Å². The molecule has 6 heteroatoms. The molecule has 2 aromatic rings. The Labute approximate surface area is 117 Å². The third kappa shape index (κ3) is 3.20. The smallest absolute Gasteiger partial charge is 0.241 e. The van der Waals surface area contributed by atoms with E-state index in [1.165, 1.54) is 0 Å². The van der Waals surface area contributed by atoms with Gasteiger partial charge in [0.1, 0.15) is 0 Å². The van der Waals surface area contributed by atoms with Gasteiger partial charge in [0.2, 0.25) is 11.7 Å². The minimum Gasteiger partial charge on any atom is -0.381 e. The molecule has 1 unspecified atom stereocenters. The zero-order valence-corrected chi connectivity index (χ0v) is 11.5. The van der Waals surface area contributed by atoms with Crippen LogP contribution in [0.4, 0.5) is 0 Å². The monoisotopic (exact) mass is 274 g/mol. The Morgan fingerprint density at radius 2 is 2.40 bits per heavy atom. The lowest BCUT2D eigenvalue weighted by Gasteiger charge is -2.17. The van der Waals surface area contributed by atoms with Crippen LogP contribution in [0, 0.1) is 5.92 Å². The second-order valence-electron chi connectivity index (χ2n) is 5.18. The molecule has 1 atom stereocenters. The van der Waals surface area contributed by atoms with E-state index in [4.69, 9.17) is 9.26 Å². The van der Waals surface area contributed by atoms with Crippen LogP contribution in [0.1, 0.15) is 12.3 Å². The van der Waals surface area contributed by atoms with E-state index in [2.05, 4.69) is 27.1 Å². The molecule has 20 heavy (non-hydrogen) atoms. The molecule has 0 bridgehead atoms. The summed E-state index contributed by atoms with van der Waals surface area (Å²) in [5, 5.41) is 3.99. The first kappa shape index (κ1) is 13.2. The number of hydrogen-bond donors (Lipinski definition) is 0. The van der Waals surface area contributed by atoms with Crippen molar-refractivity contribution < 1.29 is 9.26 Å². The lowest BCUT2D eigenvalue weighted by Crippen LogP contribution is -2.25. The third-order valence-electron chi connectivity index (χ3n) is 3.39. The molecular formula is C14H18N4O2. The molecule has 0 aromatic carbocycles. The van der Waals surface area contributed by atoms with Gasteiger partial charge in [-0.15, -0.1) is 0 Å². The average Bonchev–Trinajstić information content (AvgIpc) is 3.11. The Bertz CT molecular complexity index is 537. The van der Waals surface area contributed by atoms with Crippen molar-refractivity contribution in [1.82, 2.24) is 20.0 Å². The van der Waals surface area contributed by atoms with E-state index in [0.717, 1.165) is 31.7 Å². The summed E-state index contributed by atoms with van der Waals surface area (Å²) in [4.78, 5) is 10.7. The molecule has 0 radical (unpaired) electrons. The summed E-state index contributed by atoms with van der Waals surface area (Å²) < 4.78 is 10.7. The number of ether oxygens (including phenoxy) is 1. The molecule has 0 saturated carbocycles. The Balaban J connectivity index is 1.59. The second-order valence-corrected chi connectivity index (χ2v) is 5.18. The van der Waals surface area contributed by atoms with E-state index in [1.807, 2.05) is 12.1 Å². The third-order valence-corrected chi connectivity index (χ3v) is 3.39. The Morgan fingerprint density at radius 3 is 3.15 bits per heavy atom. The molecule has 3 rings (SSSR count). The minimum atomic E-state index is 0.589. The molecule has 1 saturated heterocycles. The van der Waals surface area contributed by atoms with Crippen molar-refractivity contribution in [3.8, 4) is 11.4 Å². The summed E-state index contributed by atoms with van der Waals surface area (Å²) in [5.41, 5.74) is 0.870. The van der Waals surface area contributed by atoms with Gasteiger partial charge >= 0.3 is 0 Å². The molecule has 0 aliphatic carbocycles. The molecule has 3 heterocycles. The molecule has 1 aliphatic heterocycles. The number of nitrogens with zero attached hydrogens (tertiary/aromatic N) is 4. The fraction of sp³-hybridized carbons (Fsp3) is 0.500. The standard InChI is InChI=1S/C14H18N4O2/c1-18(8-11-4-6-19-10-11)9-13-16-14(17-20-13)12-3-2-5-15-7-12/h2-3,5,7,11H,4,6,8-10H2,1H3. The number of hydrogen-bond acceptors (Lipinski definition) is 6. The van der Waals surface area contributed by atoms with Gasteiger partial charge in [0.15, 0.2) is 0 Å². The quantitative estimate of drug-likeness (QED) is 0.825. The maximum Gasteiger partial charge on any atom is 0.241 e. The van der Waals surface area contributed by atoms with Gasteiger partial charge in [-0.3, -0.25) is 9.88 Å². The average molecular weight is 274 g/mol. The molecule has 0 spiro atoms. The summed E-state index contributed by atoms with van der Waals surface area (Å²) in [5.74, 6) is 1.83. The number of rotatable bonds is 5. The van der Waals surface area contributed by atoms with Crippen molar-refractivity contribution in [3.63, 3.8) is 0 Å². The molecule has 0 amide bonds. The Kier molecular flexibility index (Phi) is 4.03. The van der Waals surface area contributed by atoms with Crippen molar-refractivity contribution >= 4 is 0 Å². The van der Waals surface area contributed by atoms with Crippen molar-refractivity contribution in [2.45, 2.75) is 13.0 Å². The largest absolute Gasteiger partial charge is 0.381 e. The molecule has 2 aromatic heterocycles. The molecular weight excluding hydrogens is 256 g/mol. The highest BCUT2D eigenvalue weighted by molar-refractivity contribution is 5.51. The predicted molar refractivity (Wildman–Crippen MR) is 72.8 cm³/mol. The van der Waals surface area contributed by atoms with Gasteiger partial charge in [-0.05, 0) is 31.5 Å². The van der Waals surface area contributed by atoms with Crippen LogP contribution in [0.5, 0.6) is 0 Å². The van der Waals surface area contributed by atoms with E-state index in [9.17, 15) is 0 Å². The summed E-state index contributed by atoms with van der Waals surface area (Å²) in [6, 6.07) is 3.78. The molecule has 106 valence electrons. The van der Waals surface area contributed by atoms with Gasteiger partial charge in [-0.1, -0.05) is 5.16 Å². The first-order valence-electron chi connectivity index (χ1n) is 6.80. The lowest BCUT2D eigenvalue weighted by atomic mass is 10.1. The SMILES string of the molecule is CN(Cc1nc(-c2cccnc2)no1)CC1CCOC1. The maximum atomic E-state index is 5.39. The normalized spacial score (nSPS) is 18.8. The first-order chi connectivity index (χ1) is 9.81. The number of aromatic nitrogens is 3. The molecule has 1 fully saturated rings. The van der Waals surface area contributed by atoms with Crippen LogP contribution >= 0.6 is 0 Å². The van der Waals surface area contributed by atoms with Crippen LogP contribution in [-0.2, 0) is 11.3 Å². The number of pyridine rings is 1. The van der Waals surface area contributed by atoms with Gasteiger partial charge in [0.05, 0.1) is 13.2 Å². The van der Waals surface area contributed by atoms with E-state index in [-0.39, 0.29) is 0 Å². The van der Waals surface area contributed by atoms with Crippen LogP contribution in [0.2, 0.25) is 0 Å². The van der Waals surface area contributed by atoms with Crippen LogP contribution in [-0.4, -0.2) is 46.8 Å². The van der Waals surface area contributed by atoms with Crippen LogP contribution in [0.3, 0.4) is 0 Å². The zero-order chi connectivity index (χ0) is 13.8. The van der Waals surface area contributed by atoms with Crippen LogP contribution < -0.4 is 0 Å². The van der Waals surface area contributed by atoms with Crippen molar-refractivity contribution in [3.05, 3.63) is 30.4 Å². The van der Waals surface area contributed by atoms with E-state index < -0.39 is 0 Å². The van der Waals surface area contributed by atoms with Crippen molar-refractivity contribution in [2.24, 2.45) is 5.92 Å². The summed E-state index contributed by atoms with van der Waals surface area (Å²) in [6.45, 7) is 3.38. The molecule has 1 aliphatic rings. The summed E-state index contributed by atoms with van der Waals surface area (Å²) in [7, 11) is 2.06. The maximum absolute atomic E-state index is 5.39. The predicted octanol–water partition coefficient (Wildman–Crippen LogP) is 1.60. The fourth-order valence-corrected chi connectivity index (χ4v) is 2.39. The van der Waals surface area contributed by atoms with Gasteiger partial charge in [-0.2, -0.15) is 4.98 Å². The minimum absolute atomic E-state index is 0.589. The van der Waals surface area contributed by atoms with E-state index in [1.54, 1.807) is 12.4 Å². The Morgan fingerprint density at radius 1 is 1.45 bits per heavy atom. The van der Waals surface area contributed by atoms with Gasteiger partial charge in [0, 0.05) is 31.1 Å². The van der Waals surface area contributed by atoms with Gasteiger partial charge in [-0.25, -0.2) is 0 Å². The highest BCUT2D eigenvalue weighted by atomic mass is 16.5. The van der Waals surface area contributed by atoms with Crippen molar-refractivity contribution in [2.75, 3.05) is 26.8 Å². The van der Waals surface area contributed by atoms with Crippen LogP contribution in [0.15, 0.2) is 29.0 Å². The van der Waals surface area contributed by atoms with E-state index in [0.29, 0.717) is 24.2 Å². The Hall–Kier alpha value is -1.79. The fourth-order valence-electron chi connectivity index (χ4n) is 2.39. The first-order valence-corrected chi connectivity index (χ1v) is 6.80.